The quantitative estimate of drug-likeness (QED) is 0.130. The van der Waals surface area contributed by atoms with Gasteiger partial charge < -0.3 is 37.5 Å². The lowest BCUT2D eigenvalue weighted by Crippen LogP contribution is -2.57. The van der Waals surface area contributed by atoms with Gasteiger partial charge in [0, 0.05) is 24.7 Å². The second-order valence-electron chi connectivity index (χ2n) is 8.83. The number of H-pyrrole nitrogens is 1. The largest absolute Gasteiger partial charge is 0.480 e. The van der Waals surface area contributed by atoms with E-state index in [0.29, 0.717) is 11.4 Å². The van der Waals surface area contributed by atoms with Crippen molar-refractivity contribution in [3.05, 3.63) is 18.2 Å². The van der Waals surface area contributed by atoms with Gasteiger partial charge in [0.15, 0.2) is 0 Å². The molecule has 36 heavy (non-hydrogen) atoms. The number of carbonyl (C=O) groups excluding carboxylic acids is 4. The van der Waals surface area contributed by atoms with Crippen molar-refractivity contribution in [2.24, 2.45) is 17.4 Å². The van der Waals surface area contributed by atoms with E-state index >= 15 is 0 Å². The fourth-order valence-electron chi connectivity index (χ4n) is 3.30. The smallest absolute Gasteiger partial charge is 0.326 e. The third kappa shape index (κ3) is 11.5. The van der Waals surface area contributed by atoms with E-state index in [0.717, 1.165) is 0 Å². The SMILES string of the molecule is CSCCC(NC(=O)C(CC(C)C)NC(=O)C(CCC(N)=O)NC(=O)C(N)Cc1cnc[nH]1)C(=O)O. The fraction of sp³-hybridized carbons (Fsp3) is 0.636. The van der Waals surface area contributed by atoms with Crippen LogP contribution in [-0.2, 0) is 30.4 Å². The third-order valence-electron chi connectivity index (χ3n) is 5.21. The maximum absolute atomic E-state index is 13.1. The molecule has 0 fully saturated rings. The van der Waals surface area contributed by atoms with E-state index in [1.165, 1.54) is 24.3 Å². The number of aromatic nitrogens is 2. The van der Waals surface area contributed by atoms with Crippen molar-refractivity contribution in [3.63, 3.8) is 0 Å². The first-order valence-corrected chi connectivity index (χ1v) is 13.0. The van der Waals surface area contributed by atoms with Crippen molar-refractivity contribution in [1.29, 1.82) is 0 Å². The van der Waals surface area contributed by atoms with Crippen LogP contribution in [0.5, 0.6) is 0 Å². The fourth-order valence-corrected chi connectivity index (χ4v) is 3.77. The van der Waals surface area contributed by atoms with E-state index in [1.54, 1.807) is 0 Å². The van der Waals surface area contributed by atoms with Crippen LogP contribution in [0, 0.1) is 5.92 Å². The second-order valence-corrected chi connectivity index (χ2v) is 9.81. The Kier molecular flexibility index (Phi) is 13.5. The summed E-state index contributed by atoms with van der Waals surface area (Å²) < 4.78 is 0. The summed E-state index contributed by atoms with van der Waals surface area (Å²) in [6, 6.07) is -4.36. The molecule has 4 amide bonds. The first-order chi connectivity index (χ1) is 16.9. The van der Waals surface area contributed by atoms with E-state index < -0.39 is 53.8 Å². The standard InChI is InChI=1S/C22H37N7O6S/c1-12(2)8-17(21(33)28-16(22(34)35)6-7-36-3)29-20(32)15(4-5-18(24)30)27-19(31)14(23)9-13-10-25-11-26-13/h10-12,14-17H,4-9,23H2,1-3H3,(H2,24,30)(H,25,26)(H,27,31)(H,28,33)(H,29,32)(H,34,35). The first kappa shape index (κ1) is 30.9. The number of carbonyl (C=O) groups is 5. The van der Waals surface area contributed by atoms with Crippen LogP contribution in [-0.4, -0.2) is 80.8 Å². The molecule has 1 heterocycles. The molecule has 1 rings (SSSR count). The van der Waals surface area contributed by atoms with Crippen LogP contribution in [0.25, 0.3) is 0 Å². The number of hydrogen-bond acceptors (Lipinski definition) is 8. The van der Waals surface area contributed by atoms with Gasteiger partial charge in [0.2, 0.25) is 23.6 Å². The minimum absolute atomic E-state index is 0.0167. The normalized spacial score (nSPS) is 14.4. The minimum atomic E-state index is -1.19. The van der Waals surface area contributed by atoms with Crippen molar-refractivity contribution in [1.82, 2.24) is 25.9 Å². The third-order valence-corrected chi connectivity index (χ3v) is 5.85. The van der Waals surface area contributed by atoms with E-state index in [-0.39, 0.29) is 38.0 Å². The maximum Gasteiger partial charge on any atom is 0.326 e. The van der Waals surface area contributed by atoms with E-state index in [4.69, 9.17) is 11.5 Å². The molecule has 14 heteroatoms. The molecule has 0 aromatic carbocycles. The van der Waals surface area contributed by atoms with Crippen LogP contribution >= 0.6 is 11.8 Å². The van der Waals surface area contributed by atoms with Crippen LogP contribution in [0.2, 0.25) is 0 Å². The van der Waals surface area contributed by atoms with E-state index in [2.05, 4.69) is 25.9 Å². The number of hydrogen-bond donors (Lipinski definition) is 7. The summed E-state index contributed by atoms with van der Waals surface area (Å²) >= 11 is 1.45. The number of aliphatic carboxylic acids is 1. The van der Waals surface area contributed by atoms with Gasteiger partial charge in [0.1, 0.15) is 18.1 Å². The molecular weight excluding hydrogens is 490 g/mol. The van der Waals surface area contributed by atoms with Crippen LogP contribution in [0.15, 0.2) is 12.5 Å². The van der Waals surface area contributed by atoms with Gasteiger partial charge in [-0.3, -0.25) is 19.2 Å². The molecule has 1 aromatic rings. The van der Waals surface area contributed by atoms with Crippen LogP contribution < -0.4 is 27.4 Å². The van der Waals surface area contributed by atoms with Gasteiger partial charge in [-0.2, -0.15) is 11.8 Å². The van der Waals surface area contributed by atoms with Gasteiger partial charge in [-0.15, -0.1) is 0 Å². The molecule has 9 N–H and O–H groups in total. The number of imidazole rings is 1. The highest BCUT2D eigenvalue weighted by Gasteiger charge is 2.31. The van der Waals surface area contributed by atoms with Crippen LogP contribution in [0.3, 0.4) is 0 Å². The van der Waals surface area contributed by atoms with E-state index in [9.17, 15) is 29.1 Å². The van der Waals surface area contributed by atoms with Crippen molar-refractivity contribution in [2.45, 2.75) is 70.1 Å². The number of nitrogens with two attached hydrogens (primary N) is 2. The number of rotatable bonds is 17. The molecule has 0 saturated carbocycles. The number of amides is 4. The van der Waals surface area contributed by atoms with Gasteiger partial charge in [0.05, 0.1) is 12.4 Å². The Balaban J connectivity index is 2.96. The lowest BCUT2D eigenvalue weighted by molar-refractivity contribution is -0.142. The summed E-state index contributed by atoms with van der Waals surface area (Å²) in [5.41, 5.74) is 11.8. The number of thioether (sulfide) groups is 1. The Morgan fingerprint density at radius 3 is 2.17 bits per heavy atom. The Morgan fingerprint density at radius 1 is 1.03 bits per heavy atom. The summed E-state index contributed by atoms with van der Waals surface area (Å²) in [7, 11) is 0. The number of carboxylic acid groups (broad SMARTS) is 1. The number of aromatic amines is 1. The van der Waals surface area contributed by atoms with Gasteiger partial charge in [-0.25, -0.2) is 9.78 Å². The number of nitrogens with zero attached hydrogens (tertiary/aromatic N) is 1. The maximum atomic E-state index is 13.1. The molecule has 4 atom stereocenters. The summed E-state index contributed by atoms with van der Waals surface area (Å²) in [6.45, 7) is 3.69. The summed E-state index contributed by atoms with van der Waals surface area (Å²) in [5, 5.41) is 17.0. The number of nitrogens with one attached hydrogen (secondary N) is 4. The minimum Gasteiger partial charge on any atom is -0.480 e. The Morgan fingerprint density at radius 2 is 1.64 bits per heavy atom. The molecule has 13 nitrogen and oxygen atoms in total. The highest BCUT2D eigenvalue weighted by molar-refractivity contribution is 7.98. The lowest BCUT2D eigenvalue weighted by atomic mass is 10.0. The second kappa shape index (κ2) is 15.8. The molecule has 0 bridgehead atoms. The molecule has 0 aliphatic rings. The van der Waals surface area contributed by atoms with Crippen molar-refractivity contribution in [3.8, 4) is 0 Å². The molecule has 0 aliphatic heterocycles. The summed E-state index contributed by atoms with van der Waals surface area (Å²) in [6.07, 6.45) is 5.07. The van der Waals surface area contributed by atoms with Gasteiger partial charge in [0.25, 0.3) is 0 Å². The highest BCUT2D eigenvalue weighted by atomic mass is 32.2. The average Bonchev–Trinajstić information content (AvgIpc) is 3.30. The zero-order valence-corrected chi connectivity index (χ0v) is 21.6. The molecule has 202 valence electrons. The first-order valence-electron chi connectivity index (χ1n) is 11.6. The molecule has 0 spiro atoms. The number of carboxylic acids is 1. The predicted molar refractivity (Wildman–Crippen MR) is 135 cm³/mol. The molecule has 4 unspecified atom stereocenters. The monoisotopic (exact) mass is 527 g/mol. The van der Waals surface area contributed by atoms with E-state index in [1.807, 2.05) is 20.1 Å². The zero-order valence-electron chi connectivity index (χ0n) is 20.8. The summed E-state index contributed by atoms with van der Waals surface area (Å²) in [4.78, 5) is 68.2. The molecule has 0 radical (unpaired) electrons. The van der Waals surface area contributed by atoms with Crippen molar-refractivity contribution < 1.29 is 29.1 Å². The highest BCUT2D eigenvalue weighted by Crippen LogP contribution is 2.09. The topological polar surface area (TPSA) is 222 Å². The van der Waals surface area contributed by atoms with Gasteiger partial charge >= 0.3 is 5.97 Å². The molecular formula is C22H37N7O6S. The van der Waals surface area contributed by atoms with Gasteiger partial charge in [-0.1, -0.05) is 13.8 Å². The number of primary amides is 1. The molecule has 0 aliphatic carbocycles. The molecule has 1 aromatic heterocycles. The predicted octanol–water partition coefficient (Wildman–Crippen LogP) is -1.12. The van der Waals surface area contributed by atoms with Crippen molar-refractivity contribution >= 4 is 41.4 Å². The van der Waals surface area contributed by atoms with Crippen LogP contribution in [0.4, 0.5) is 0 Å². The Bertz CT molecular complexity index is 880. The summed E-state index contributed by atoms with van der Waals surface area (Å²) in [5.74, 6) is -3.34. The lowest BCUT2D eigenvalue weighted by Gasteiger charge is -2.26. The van der Waals surface area contributed by atoms with Gasteiger partial charge in [-0.05, 0) is 37.2 Å². The van der Waals surface area contributed by atoms with Crippen LogP contribution in [0.1, 0.15) is 45.2 Å². The van der Waals surface area contributed by atoms with Crippen molar-refractivity contribution in [2.75, 3.05) is 12.0 Å². The Hall–Kier alpha value is -3.13. The zero-order chi connectivity index (χ0) is 27.3. The average molecular weight is 528 g/mol. The Labute approximate surface area is 214 Å². The molecule has 0 saturated heterocycles.